The number of hydrogen-bond acceptors (Lipinski definition) is 3. The number of alkyl halides is 2. The molecule has 0 saturated carbocycles. The third kappa shape index (κ3) is 2.03. The summed E-state index contributed by atoms with van der Waals surface area (Å²) in [6, 6.07) is 2.90. The molecule has 1 aromatic rings. The minimum atomic E-state index is -3.13. The van der Waals surface area contributed by atoms with Crippen molar-refractivity contribution < 1.29 is 18.3 Å². The molecule has 0 saturated heterocycles. The van der Waals surface area contributed by atoms with Crippen LogP contribution in [-0.2, 0) is 5.92 Å². The summed E-state index contributed by atoms with van der Waals surface area (Å²) in [6.07, 6.45) is 0. The van der Waals surface area contributed by atoms with Crippen LogP contribution in [0.3, 0.4) is 0 Å². The second-order valence-electron chi connectivity index (χ2n) is 5.11. The number of halogens is 2. The van der Waals surface area contributed by atoms with Crippen molar-refractivity contribution in [2.45, 2.75) is 32.2 Å². The van der Waals surface area contributed by atoms with E-state index in [-0.39, 0.29) is 5.56 Å². The van der Waals surface area contributed by atoms with Crippen molar-refractivity contribution >= 4 is 0 Å². The molecule has 0 aromatic heterocycles. The first kappa shape index (κ1) is 13.1. The highest BCUT2D eigenvalue weighted by atomic mass is 19.3. The fraction of sp³-hybridized carbons (Fsp3) is 0.538. The van der Waals surface area contributed by atoms with Crippen molar-refractivity contribution in [1.29, 1.82) is 0 Å². The summed E-state index contributed by atoms with van der Waals surface area (Å²) in [5.74, 6) is -2.27. The molecule has 1 aliphatic rings. The lowest BCUT2D eigenvalue weighted by molar-refractivity contribution is -0.0680. The highest BCUT2D eigenvalue weighted by Crippen LogP contribution is 2.43. The predicted molar refractivity (Wildman–Crippen MR) is 64.3 cm³/mol. The maximum atomic E-state index is 14.3. The Hall–Kier alpha value is -1.36. The van der Waals surface area contributed by atoms with Gasteiger partial charge in [0, 0.05) is 5.56 Å². The Labute approximate surface area is 105 Å². The van der Waals surface area contributed by atoms with Crippen molar-refractivity contribution in [3.05, 3.63) is 23.3 Å². The van der Waals surface area contributed by atoms with Crippen LogP contribution >= 0.6 is 0 Å². The molecule has 18 heavy (non-hydrogen) atoms. The monoisotopic (exact) mass is 257 g/mol. The lowest BCUT2D eigenvalue weighted by Gasteiger charge is -2.32. The molecule has 2 rings (SSSR count). The minimum Gasteiger partial charge on any atom is -0.486 e. The molecule has 0 radical (unpaired) electrons. The highest BCUT2D eigenvalue weighted by molar-refractivity contribution is 5.49. The molecule has 1 aliphatic heterocycles. The van der Waals surface area contributed by atoms with Gasteiger partial charge in [0.05, 0.1) is 5.54 Å². The van der Waals surface area contributed by atoms with Crippen LogP contribution in [0.1, 0.15) is 25.0 Å². The van der Waals surface area contributed by atoms with Crippen LogP contribution in [0.25, 0.3) is 0 Å². The lowest BCUT2D eigenvalue weighted by atomic mass is 9.88. The van der Waals surface area contributed by atoms with Crippen LogP contribution in [0.5, 0.6) is 11.5 Å². The van der Waals surface area contributed by atoms with Gasteiger partial charge in [-0.25, -0.2) is 0 Å². The van der Waals surface area contributed by atoms with Crippen LogP contribution in [0.15, 0.2) is 12.1 Å². The summed E-state index contributed by atoms with van der Waals surface area (Å²) >= 11 is 0. The molecular formula is C13H17F2NO2. The molecule has 3 nitrogen and oxygen atoms in total. The third-order valence-corrected chi connectivity index (χ3v) is 3.04. The number of aryl methyl sites for hydroxylation is 1. The van der Waals surface area contributed by atoms with Crippen molar-refractivity contribution in [3.8, 4) is 11.5 Å². The van der Waals surface area contributed by atoms with E-state index in [9.17, 15) is 8.78 Å². The molecule has 0 unspecified atom stereocenters. The summed E-state index contributed by atoms with van der Waals surface area (Å²) in [4.78, 5) is 0. The number of hydrogen-bond donors (Lipinski definition) is 1. The zero-order valence-corrected chi connectivity index (χ0v) is 10.7. The summed E-state index contributed by atoms with van der Waals surface area (Å²) in [6.45, 7) is 5.04. The van der Waals surface area contributed by atoms with Gasteiger partial charge in [0.1, 0.15) is 13.2 Å². The van der Waals surface area contributed by atoms with E-state index in [1.54, 1.807) is 13.0 Å². The molecule has 0 spiro atoms. The molecule has 2 N–H and O–H groups in total. The topological polar surface area (TPSA) is 44.5 Å². The fourth-order valence-corrected chi connectivity index (χ4v) is 1.88. The van der Waals surface area contributed by atoms with Gasteiger partial charge in [-0.05, 0) is 38.5 Å². The van der Waals surface area contributed by atoms with Gasteiger partial charge in [-0.3, -0.25) is 0 Å². The van der Waals surface area contributed by atoms with Gasteiger partial charge < -0.3 is 15.2 Å². The third-order valence-electron chi connectivity index (χ3n) is 3.04. The Morgan fingerprint density at radius 3 is 2.11 bits per heavy atom. The summed E-state index contributed by atoms with van der Waals surface area (Å²) < 4.78 is 39.2. The molecule has 0 aliphatic carbocycles. The second-order valence-corrected chi connectivity index (χ2v) is 5.11. The largest absolute Gasteiger partial charge is 0.486 e. The van der Waals surface area contributed by atoms with E-state index in [0.717, 1.165) is 0 Å². The van der Waals surface area contributed by atoms with E-state index < -0.39 is 11.5 Å². The zero-order chi connectivity index (χ0) is 13.6. The number of benzene rings is 1. The molecule has 0 amide bonds. The van der Waals surface area contributed by atoms with Crippen LogP contribution in [0.2, 0.25) is 0 Å². The Bertz CT molecular complexity index is 467. The molecule has 100 valence electrons. The SMILES string of the molecule is Cc1cc2c(cc1C(F)(F)C(C)(C)N)OCCO2. The van der Waals surface area contributed by atoms with Gasteiger partial charge in [0.25, 0.3) is 5.92 Å². The first-order valence-corrected chi connectivity index (χ1v) is 5.81. The Balaban J connectivity index is 2.52. The Morgan fingerprint density at radius 2 is 1.61 bits per heavy atom. The Kier molecular flexibility index (Phi) is 2.97. The molecule has 1 aromatic carbocycles. The molecule has 1 heterocycles. The number of rotatable bonds is 2. The van der Waals surface area contributed by atoms with Crippen LogP contribution in [0, 0.1) is 6.92 Å². The molecule has 0 bridgehead atoms. The second kappa shape index (κ2) is 4.09. The van der Waals surface area contributed by atoms with Crippen LogP contribution in [0.4, 0.5) is 8.78 Å². The van der Waals surface area contributed by atoms with Gasteiger partial charge in [-0.2, -0.15) is 8.78 Å². The van der Waals surface area contributed by atoms with Crippen LogP contribution < -0.4 is 15.2 Å². The van der Waals surface area contributed by atoms with Crippen molar-refractivity contribution in [2.75, 3.05) is 13.2 Å². The smallest absolute Gasteiger partial charge is 0.290 e. The maximum absolute atomic E-state index is 14.3. The first-order valence-electron chi connectivity index (χ1n) is 5.81. The minimum absolute atomic E-state index is 0.112. The average molecular weight is 257 g/mol. The molecule has 0 atom stereocenters. The first-order chi connectivity index (χ1) is 8.23. The van der Waals surface area contributed by atoms with Gasteiger partial charge >= 0.3 is 0 Å². The van der Waals surface area contributed by atoms with Gasteiger partial charge in [-0.1, -0.05) is 0 Å². The molecule has 0 fully saturated rings. The lowest BCUT2D eigenvalue weighted by Crippen LogP contribution is -2.48. The highest BCUT2D eigenvalue weighted by Gasteiger charge is 2.46. The average Bonchev–Trinajstić information content (AvgIpc) is 2.26. The molecule has 5 heteroatoms. The van der Waals surface area contributed by atoms with E-state index in [1.807, 2.05) is 0 Å². The predicted octanol–water partition coefficient (Wildman–Crippen LogP) is 2.60. The zero-order valence-electron chi connectivity index (χ0n) is 10.7. The Morgan fingerprint density at radius 1 is 1.11 bits per heavy atom. The standard InChI is InChI=1S/C13H17F2NO2/c1-8-6-10-11(18-5-4-17-10)7-9(8)13(14,15)12(2,3)16/h6-7H,4-5,16H2,1-3H3. The van der Waals surface area contributed by atoms with Crippen molar-refractivity contribution in [3.63, 3.8) is 0 Å². The van der Waals surface area contributed by atoms with Crippen LogP contribution in [-0.4, -0.2) is 18.8 Å². The number of nitrogens with two attached hydrogens (primary N) is 1. The van der Waals surface area contributed by atoms with Gasteiger partial charge in [0.15, 0.2) is 11.5 Å². The van der Waals surface area contributed by atoms with E-state index in [0.29, 0.717) is 30.3 Å². The van der Waals surface area contributed by atoms with E-state index in [1.165, 1.54) is 19.9 Å². The quantitative estimate of drug-likeness (QED) is 0.885. The maximum Gasteiger partial charge on any atom is 0.290 e. The normalized spacial score (nSPS) is 15.7. The fourth-order valence-electron chi connectivity index (χ4n) is 1.88. The van der Waals surface area contributed by atoms with Crippen molar-refractivity contribution in [2.24, 2.45) is 5.73 Å². The van der Waals surface area contributed by atoms with Crippen molar-refractivity contribution in [1.82, 2.24) is 0 Å². The molecular weight excluding hydrogens is 240 g/mol. The summed E-state index contributed by atoms with van der Waals surface area (Å²) in [5, 5.41) is 0. The summed E-state index contributed by atoms with van der Waals surface area (Å²) in [5.41, 5.74) is 4.27. The van der Waals surface area contributed by atoms with Gasteiger partial charge in [-0.15, -0.1) is 0 Å². The van der Waals surface area contributed by atoms with E-state index >= 15 is 0 Å². The van der Waals surface area contributed by atoms with E-state index in [4.69, 9.17) is 15.2 Å². The number of fused-ring (bicyclic) bond motifs is 1. The number of ether oxygens (including phenoxy) is 2. The van der Waals surface area contributed by atoms with E-state index in [2.05, 4.69) is 0 Å². The summed E-state index contributed by atoms with van der Waals surface area (Å²) in [7, 11) is 0. The van der Waals surface area contributed by atoms with Gasteiger partial charge in [0.2, 0.25) is 0 Å².